The summed E-state index contributed by atoms with van der Waals surface area (Å²) < 4.78 is 6.07. The van der Waals surface area contributed by atoms with Gasteiger partial charge in [-0.1, -0.05) is 6.07 Å². The van der Waals surface area contributed by atoms with Crippen LogP contribution in [-0.2, 0) is 12.0 Å². The van der Waals surface area contributed by atoms with E-state index in [9.17, 15) is 0 Å². The van der Waals surface area contributed by atoms with Crippen LogP contribution < -0.4 is 4.74 Å². The quantitative estimate of drug-likeness (QED) is 0.688. The fraction of sp³-hybridized carbons (Fsp3) is 0.286. The van der Waals surface area contributed by atoms with Gasteiger partial charge in [-0.2, -0.15) is 0 Å². The molecule has 0 atom stereocenters. The second-order valence-electron chi connectivity index (χ2n) is 4.74. The van der Waals surface area contributed by atoms with Crippen molar-refractivity contribution >= 4 is 0 Å². The van der Waals surface area contributed by atoms with E-state index in [1.165, 1.54) is 5.56 Å². The summed E-state index contributed by atoms with van der Waals surface area (Å²) in [5.74, 6) is 0.936. The van der Waals surface area contributed by atoms with Crippen LogP contribution in [0.2, 0.25) is 0 Å². The van der Waals surface area contributed by atoms with E-state index in [-0.39, 0.29) is 0 Å². The fourth-order valence-corrected chi connectivity index (χ4v) is 1.91. The molecule has 86 valence electrons. The van der Waals surface area contributed by atoms with Gasteiger partial charge >= 0.3 is 0 Å². The molecule has 2 aromatic rings. The SMILES string of the molecule is CC(C)(Oc1ccnc2c1C2)c1ccccn1. The van der Waals surface area contributed by atoms with E-state index in [1.54, 1.807) is 12.4 Å². The van der Waals surface area contributed by atoms with Crippen molar-refractivity contribution in [2.24, 2.45) is 0 Å². The summed E-state index contributed by atoms with van der Waals surface area (Å²) >= 11 is 0. The van der Waals surface area contributed by atoms with Gasteiger partial charge in [0.2, 0.25) is 0 Å². The third-order valence-corrected chi connectivity index (χ3v) is 2.97. The minimum atomic E-state index is -0.418. The van der Waals surface area contributed by atoms with Crippen molar-refractivity contribution in [3.63, 3.8) is 0 Å². The molecule has 3 heteroatoms. The molecule has 0 unspecified atom stereocenters. The van der Waals surface area contributed by atoms with Gasteiger partial charge in [0.1, 0.15) is 11.4 Å². The van der Waals surface area contributed by atoms with Gasteiger partial charge in [0.05, 0.1) is 11.4 Å². The molecule has 0 N–H and O–H groups in total. The third-order valence-electron chi connectivity index (χ3n) is 2.97. The lowest BCUT2D eigenvalue weighted by Crippen LogP contribution is -2.26. The van der Waals surface area contributed by atoms with E-state index in [0.717, 1.165) is 23.6 Å². The minimum Gasteiger partial charge on any atom is -0.481 e. The van der Waals surface area contributed by atoms with Crippen molar-refractivity contribution in [2.45, 2.75) is 25.9 Å². The Morgan fingerprint density at radius 1 is 1.12 bits per heavy atom. The maximum Gasteiger partial charge on any atom is 0.145 e. The largest absolute Gasteiger partial charge is 0.481 e. The van der Waals surface area contributed by atoms with E-state index in [4.69, 9.17) is 4.74 Å². The zero-order valence-corrected chi connectivity index (χ0v) is 9.97. The zero-order valence-electron chi connectivity index (χ0n) is 9.97. The number of fused-ring (bicyclic) bond motifs is 1. The number of aromatic nitrogens is 2. The molecule has 0 amide bonds. The van der Waals surface area contributed by atoms with Gasteiger partial charge in [0, 0.05) is 24.4 Å². The Hall–Kier alpha value is -1.90. The Morgan fingerprint density at radius 2 is 2.00 bits per heavy atom. The van der Waals surface area contributed by atoms with Crippen LogP contribution >= 0.6 is 0 Å². The molecule has 3 rings (SSSR count). The molecule has 0 saturated carbocycles. The molecular formula is C14H14N2O. The Morgan fingerprint density at radius 3 is 2.76 bits per heavy atom. The lowest BCUT2D eigenvalue weighted by molar-refractivity contribution is 0.103. The van der Waals surface area contributed by atoms with Gasteiger partial charge in [0.25, 0.3) is 0 Å². The summed E-state index contributed by atoms with van der Waals surface area (Å²) in [6, 6.07) is 7.80. The predicted octanol–water partition coefficient (Wildman–Crippen LogP) is 2.69. The molecule has 1 aliphatic rings. The van der Waals surface area contributed by atoms with Crippen LogP contribution in [0, 0.1) is 0 Å². The first-order chi connectivity index (χ1) is 8.17. The number of hydrogen-bond acceptors (Lipinski definition) is 3. The molecule has 0 aliphatic heterocycles. The monoisotopic (exact) mass is 226 g/mol. The summed E-state index contributed by atoms with van der Waals surface area (Å²) in [6.07, 6.45) is 4.55. The molecule has 0 radical (unpaired) electrons. The van der Waals surface area contributed by atoms with Crippen LogP contribution in [0.5, 0.6) is 5.75 Å². The fourth-order valence-electron chi connectivity index (χ4n) is 1.91. The van der Waals surface area contributed by atoms with Gasteiger partial charge in [-0.15, -0.1) is 0 Å². The summed E-state index contributed by atoms with van der Waals surface area (Å²) in [7, 11) is 0. The van der Waals surface area contributed by atoms with Crippen molar-refractivity contribution < 1.29 is 4.74 Å². The Kier molecular flexibility index (Phi) is 2.15. The highest BCUT2D eigenvalue weighted by atomic mass is 16.5. The molecule has 17 heavy (non-hydrogen) atoms. The van der Waals surface area contributed by atoms with Crippen LogP contribution in [0.3, 0.4) is 0 Å². The lowest BCUT2D eigenvalue weighted by atomic mass is 10.0. The van der Waals surface area contributed by atoms with Gasteiger partial charge in [-0.25, -0.2) is 0 Å². The number of pyridine rings is 2. The van der Waals surface area contributed by atoms with Crippen LogP contribution in [0.25, 0.3) is 0 Å². The van der Waals surface area contributed by atoms with Crippen LogP contribution in [0.4, 0.5) is 0 Å². The first-order valence-electron chi connectivity index (χ1n) is 5.74. The predicted molar refractivity (Wildman–Crippen MR) is 64.9 cm³/mol. The van der Waals surface area contributed by atoms with Gasteiger partial charge < -0.3 is 4.74 Å². The molecule has 0 aromatic carbocycles. The van der Waals surface area contributed by atoms with Crippen LogP contribution in [-0.4, -0.2) is 9.97 Å². The van der Waals surface area contributed by atoms with Gasteiger partial charge in [-0.3, -0.25) is 9.97 Å². The maximum atomic E-state index is 6.07. The highest BCUT2D eigenvalue weighted by Crippen LogP contribution is 2.37. The van der Waals surface area contributed by atoms with E-state index >= 15 is 0 Å². The smallest absolute Gasteiger partial charge is 0.145 e. The average molecular weight is 226 g/mol. The molecule has 0 fully saturated rings. The van der Waals surface area contributed by atoms with E-state index < -0.39 is 5.60 Å². The highest BCUT2D eigenvalue weighted by Gasteiger charge is 2.29. The first kappa shape index (κ1) is 10.3. The first-order valence-corrected chi connectivity index (χ1v) is 5.74. The lowest BCUT2D eigenvalue weighted by Gasteiger charge is -2.25. The van der Waals surface area contributed by atoms with Crippen molar-refractivity contribution in [3.05, 3.63) is 53.6 Å². The number of hydrogen-bond donors (Lipinski definition) is 0. The number of ether oxygens (including phenoxy) is 1. The summed E-state index contributed by atoms with van der Waals surface area (Å²) in [5.41, 5.74) is 2.90. The second-order valence-corrected chi connectivity index (χ2v) is 4.74. The Bertz CT molecular complexity index is 549. The van der Waals surface area contributed by atoms with Crippen LogP contribution in [0.1, 0.15) is 30.8 Å². The maximum absolute atomic E-state index is 6.07. The minimum absolute atomic E-state index is 0.418. The molecule has 3 nitrogen and oxygen atoms in total. The summed E-state index contributed by atoms with van der Waals surface area (Å²) in [4.78, 5) is 8.59. The Labute approximate surface area is 100 Å². The second kappa shape index (κ2) is 3.55. The van der Waals surface area contributed by atoms with Crippen molar-refractivity contribution in [1.29, 1.82) is 0 Å². The molecule has 2 heterocycles. The summed E-state index contributed by atoms with van der Waals surface area (Å²) in [5, 5.41) is 0. The molecule has 0 bridgehead atoms. The van der Waals surface area contributed by atoms with E-state index in [1.807, 2.05) is 38.1 Å². The van der Waals surface area contributed by atoms with Crippen LogP contribution in [0.15, 0.2) is 36.7 Å². The molecule has 1 aliphatic carbocycles. The van der Waals surface area contributed by atoms with Crippen molar-refractivity contribution in [2.75, 3.05) is 0 Å². The standard InChI is InChI=1S/C14H14N2O/c1-14(2,13-5-3-4-7-16-13)17-12-6-8-15-11-9-10(11)12/h3-8H,9H2,1-2H3. The van der Waals surface area contributed by atoms with Crippen molar-refractivity contribution in [1.82, 2.24) is 9.97 Å². The highest BCUT2D eigenvalue weighted by molar-refractivity contribution is 5.50. The summed E-state index contributed by atoms with van der Waals surface area (Å²) in [6.45, 7) is 4.06. The number of nitrogens with zero attached hydrogens (tertiary/aromatic N) is 2. The third kappa shape index (κ3) is 1.88. The normalized spacial score (nSPS) is 13.1. The van der Waals surface area contributed by atoms with Gasteiger partial charge in [0.15, 0.2) is 0 Å². The van der Waals surface area contributed by atoms with Gasteiger partial charge in [-0.05, 0) is 32.0 Å². The molecule has 2 aromatic heterocycles. The van der Waals surface area contributed by atoms with E-state index in [0.29, 0.717) is 0 Å². The molecular weight excluding hydrogens is 212 g/mol. The number of rotatable bonds is 3. The van der Waals surface area contributed by atoms with Crippen molar-refractivity contribution in [3.8, 4) is 5.75 Å². The zero-order chi connectivity index (χ0) is 11.9. The molecule has 0 spiro atoms. The Balaban J connectivity index is 1.88. The van der Waals surface area contributed by atoms with E-state index in [2.05, 4.69) is 9.97 Å². The topological polar surface area (TPSA) is 35.0 Å². The molecule has 0 saturated heterocycles. The average Bonchev–Trinajstić information content (AvgIpc) is 3.10.